The summed E-state index contributed by atoms with van der Waals surface area (Å²) in [7, 11) is -3.11. The van der Waals surface area contributed by atoms with Gasteiger partial charge in [0.05, 0.1) is 11.3 Å². The smallest absolute Gasteiger partial charge is 0.240 e. The number of rotatable bonds is 5. The molecular weight excluding hydrogens is 350 g/mol. The van der Waals surface area contributed by atoms with E-state index in [0.29, 0.717) is 26.2 Å². The van der Waals surface area contributed by atoms with Crippen LogP contribution in [0.25, 0.3) is 0 Å². The van der Waals surface area contributed by atoms with Crippen LogP contribution in [-0.4, -0.2) is 72.4 Å². The fourth-order valence-electron chi connectivity index (χ4n) is 4.08. The lowest BCUT2D eigenvalue weighted by atomic mass is 10.2. The Morgan fingerprint density at radius 3 is 2.42 bits per heavy atom. The van der Waals surface area contributed by atoms with Crippen molar-refractivity contribution in [3.8, 4) is 0 Å². The molecule has 3 aliphatic rings. The van der Waals surface area contributed by atoms with E-state index in [1.807, 2.05) is 35.2 Å². The molecule has 2 heterocycles. The monoisotopic (exact) mass is 377 g/mol. The fraction of sp³-hybridized carbons (Fsp3) is 0.632. The van der Waals surface area contributed by atoms with Gasteiger partial charge >= 0.3 is 0 Å². The Morgan fingerprint density at radius 2 is 1.69 bits per heavy atom. The summed E-state index contributed by atoms with van der Waals surface area (Å²) >= 11 is 0. The minimum Gasteiger partial charge on any atom is -0.337 e. The number of sulfonamides is 1. The molecule has 2 saturated heterocycles. The molecule has 4 rings (SSSR count). The Balaban J connectivity index is 1.37. The predicted molar refractivity (Wildman–Crippen MR) is 100.0 cm³/mol. The van der Waals surface area contributed by atoms with Gasteiger partial charge in [-0.3, -0.25) is 9.69 Å². The summed E-state index contributed by atoms with van der Waals surface area (Å²) in [6, 6.07) is 9.98. The number of hydrogen-bond donors (Lipinski definition) is 0. The third kappa shape index (κ3) is 3.66. The van der Waals surface area contributed by atoms with Gasteiger partial charge in [0.15, 0.2) is 0 Å². The summed E-state index contributed by atoms with van der Waals surface area (Å²) in [6.45, 7) is 3.99. The number of nitrogens with zero attached hydrogens (tertiary/aromatic N) is 3. The quantitative estimate of drug-likeness (QED) is 0.776. The lowest BCUT2D eigenvalue weighted by molar-refractivity contribution is -0.132. The van der Waals surface area contributed by atoms with Crippen molar-refractivity contribution in [2.45, 2.75) is 43.5 Å². The van der Waals surface area contributed by atoms with Crippen LogP contribution in [0.3, 0.4) is 0 Å². The molecular formula is C19H27N3O3S. The van der Waals surface area contributed by atoms with Crippen LogP contribution in [0.5, 0.6) is 0 Å². The van der Waals surface area contributed by atoms with Crippen molar-refractivity contribution < 1.29 is 13.2 Å². The normalized spacial score (nSPS) is 26.2. The first-order valence-corrected chi connectivity index (χ1v) is 11.1. The molecule has 6 nitrogen and oxygen atoms in total. The SMILES string of the molecule is O=C1C(N2CCCN(S(=O)(=O)C3CC3)CC2)CCN1Cc1ccccc1. The van der Waals surface area contributed by atoms with Crippen LogP contribution in [-0.2, 0) is 21.4 Å². The lowest BCUT2D eigenvalue weighted by Crippen LogP contribution is -2.44. The molecule has 0 aromatic heterocycles. The average molecular weight is 378 g/mol. The van der Waals surface area contributed by atoms with Crippen molar-refractivity contribution in [3.05, 3.63) is 35.9 Å². The molecule has 0 N–H and O–H groups in total. The highest BCUT2D eigenvalue weighted by Crippen LogP contribution is 2.31. The van der Waals surface area contributed by atoms with Crippen LogP contribution < -0.4 is 0 Å². The van der Waals surface area contributed by atoms with Gasteiger partial charge in [0, 0.05) is 39.3 Å². The molecule has 1 aromatic rings. The van der Waals surface area contributed by atoms with Gasteiger partial charge in [0.2, 0.25) is 15.9 Å². The van der Waals surface area contributed by atoms with Gasteiger partial charge in [-0.15, -0.1) is 0 Å². The highest BCUT2D eigenvalue weighted by Gasteiger charge is 2.42. The number of carbonyl (C=O) groups excluding carboxylic acids is 1. The van der Waals surface area contributed by atoms with Crippen LogP contribution >= 0.6 is 0 Å². The molecule has 3 fully saturated rings. The maximum atomic E-state index is 12.9. The van der Waals surface area contributed by atoms with Gasteiger partial charge in [-0.05, 0) is 31.2 Å². The Morgan fingerprint density at radius 1 is 0.923 bits per heavy atom. The largest absolute Gasteiger partial charge is 0.337 e. The Labute approximate surface area is 155 Å². The number of carbonyl (C=O) groups is 1. The molecule has 1 unspecified atom stereocenters. The fourth-order valence-corrected chi connectivity index (χ4v) is 5.95. The molecule has 0 bridgehead atoms. The minimum absolute atomic E-state index is 0.0951. The Bertz CT molecular complexity index is 749. The molecule has 26 heavy (non-hydrogen) atoms. The molecule has 1 aromatic carbocycles. The zero-order valence-corrected chi connectivity index (χ0v) is 15.9. The summed E-state index contributed by atoms with van der Waals surface area (Å²) in [5.74, 6) is 0.187. The molecule has 1 saturated carbocycles. The Hall–Kier alpha value is -1.44. The molecule has 2 aliphatic heterocycles. The van der Waals surface area contributed by atoms with Gasteiger partial charge < -0.3 is 4.90 Å². The molecule has 7 heteroatoms. The van der Waals surface area contributed by atoms with Crippen LogP contribution in [0.1, 0.15) is 31.2 Å². The van der Waals surface area contributed by atoms with E-state index in [9.17, 15) is 13.2 Å². The first kappa shape index (κ1) is 17.9. The van der Waals surface area contributed by atoms with Crippen molar-refractivity contribution in [1.29, 1.82) is 0 Å². The van der Waals surface area contributed by atoms with Crippen LogP contribution in [0.4, 0.5) is 0 Å². The summed E-state index contributed by atoms with van der Waals surface area (Å²) < 4.78 is 26.6. The number of benzene rings is 1. The molecule has 142 valence electrons. The summed E-state index contributed by atoms with van der Waals surface area (Å²) in [6.07, 6.45) is 3.24. The van der Waals surface area contributed by atoms with Crippen molar-refractivity contribution in [2.24, 2.45) is 0 Å². The van der Waals surface area contributed by atoms with Crippen LogP contribution in [0, 0.1) is 0 Å². The second-order valence-electron chi connectivity index (χ2n) is 7.58. The highest BCUT2D eigenvalue weighted by atomic mass is 32.2. The van der Waals surface area contributed by atoms with E-state index in [1.54, 1.807) is 4.31 Å². The molecule has 0 radical (unpaired) electrons. The average Bonchev–Trinajstić information content (AvgIpc) is 3.46. The molecule has 1 amide bonds. The first-order chi connectivity index (χ1) is 12.6. The first-order valence-electron chi connectivity index (χ1n) is 9.61. The van der Waals surface area contributed by atoms with E-state index in [-0.39, 0.29) is 17.2 Å². The number of hydrogen-bond acceptors (Lipinski definition) is 4. The van der Waals surface area contributed by atoms with E-state index in [1.165, 1.54) is 0 Å². The number of amides is 1. The van der Waals surface area contributed by atoms with Crippen molar-refractivity contribution >= 4 is 15.9 Å². The second-order valence-corrected chi connectivity index (χ2v) is 9.80. The van der Waals surface area contributed by atoms with E-state index in [4.69, 9.17) is 0 Å². The van der Waals surface area contributed by atoms with Crippen molar-refractivity contribution in [3.63, 3.8) is 0 Å². The number of likely N-dealkylation sites (tertiary alicyclic amines) is 1. The van der Waals surface area contributed by atoms with Crippen molar-refractivity contribution in [1.82, 2.24) is 14.1 Å². The van der Waals surface area contributed by atoms with Gasteiger partial charge in [-0.2, -0.15) is 0 Å². The van der Waals surface area contributed by atoms with Gasteiger partial charge in [0.25, 0.3) is 0 Å². The molecule has 1 atom stereocenters. The summed E-state index contributed by atoms with van der Waals surface area (Å²) in [5, 5.41) is -0.150. The standard InChI is InChI=1S/C19H27N3O3S/c23-19-18(9-12-21(19)15-16-5-2-1-3-6-16)20-10-4-11-22(14-13-20)26(24,25)17-7-8-17/h1-3,5-6,17-18H,4,7-15H2. The topological polar surface area (TPSA) is 60.9 Å². The summed E-state index contributed by atoms with van der Waals surface area (Å²) in [5.41, 5.74) is 1.15. The minimum atomic E-state index is -3.11. The van der Waals surface area contributed by atoms with E-state index in [0.717, 1.165) is 44.3 Å². The third-order valence-electron chi connectivity index (χ3n) is 5.72. The van der Waals surface area contributed by atoms with E-state index < -0.39 is 10.0 Å². The zero-order valence-electron chi connectivity index (χ0n) is 15.1. The van der Waals surface area contributed by atoms with E-state index >= 15 is 0 Å². The van der Waals surface area contributed by atoms with Crippen molar-refractivity contribution in [2.75, 3.05) is 32.7 Å². The lowest BCUT2D eigenvalue weighted by Gasteiger charge is -2.26. The second kappa shape index (κ2) is 7.29. The zero-order chi connectivity index (χ0) is 18.1. The van der Waals surface area contributed by atoms with Gasteiger partial charge in [-0.1, -0.05) is 30.3 Å². The highest BCUT2D eigenvalue weighted by molar-refractivity contribution is 7.90. The molecule has 1 aliphatic carbocycles. The third-order valence-corrected chi connectivity index (χ3v) is 8.12. The van der Waals surface area contributed by atoms with Crippen LogP contribution in [0.15, 0.2) is 30.3 Å². The van der Waals surface area contributed by atoms with E-state index in [2.05, 4.69) is 4.90 Å². The van der Waals surface area contributed by atoms with Gasteiger partial charge in [-0.25, -0.2) is 12.7 Å². The van der Waals surface area contributed by atoms with Gasteiger partial charge in [0.1, 0.15) is 0 Å². The maximum absolute atomic E-state index is 12.9. The maximum Gasteiger partial charge on any atom is 0.240 e. The summed E-state index contributed by atoms with van der Waals surface area (Å²) in [4.78, 5) is 17.0. The molecule has 0 spiro atoms. The predicted octanol–water partition coefficient (Wildman–Crippen LogP) is 1.29. The van der Waals surface area contributed by atoms with Crippen LogP contribution in [0.2, 0.25) is 0 Å². The Kier molecular flexibility index (Phi) is 5.03.